The molecule has 30 heavy (non-hydrogen) atoms. The molecular weight excluding hydrogens is 506 g/mol. The van der Waals surface area contributed by atoms with Gasteiger partial charge in [0.25, 0.3) is 5.91 Å². The van der Waals surface area contributed by atoms with Crippen LogP contribution in [-0.4, -0.2) is 48.4 Å². The van der Waals surface area contributed by atoms with Crippen molar-refractivity contribution >= 4 is 34.2 Å². The van der Waals surface area contributed by atoms with Crippen molar-refractivity contribution in [1.29, 1.82) is 0 Å². The molecule has 0 saturated carbocycles. The maximum Gasteiger partial charge on any atom is 0.416 e. The number of carbonyl (C=O) groups excluding carboxylic acids is 1. The molecule has 1 N–H and O–H groups in total. The molecule has 0 bridgehead atoms. The van der Waals surface area contributed by atoms with Gasteiger partial charge in [-0.3, -0.25) is 9.69 Å². The number of amides is 1. The fourth-order valence-corrected chi connectivity index (χ4v) is 4.01. The first kappa shape index (κ1) is 23.0. The van der Waals surface area contributed by atoms with E-state index in [1.54, 1.807) is 18.2 Å². The number of anilines is 1. The van der Waals surface area contributed by atoms with Crippen molar-refractivity contribution in [3.63, 3.8) is 0 Å². The zero-order valence-electron chi connectivity index (χ0n) is 17.0. The lowest BCUT2D eigenvalue weighted by atomic mass is 10.0. The molecule has 1 heterocycles. The first-order valence-electron chi connectivity index (χ1n) is 9.89. The monoisotopic (exact) mass is 531 g/mol. The molecule has 1 saturated heterocycles. The summed E-state index contributed by atoms with van der Waals surface area (Å²) in [7, 11) is 0. The number of aryl methyl sites for hydroxylation is 1. The standard InChI is InChI=1S/C22H25F3IN3O/c1-3-28-8-10-29(11-9-28)14-17-6-7-18(13-19(17)22(23,24)25)27-21(30)16-5-4-15(2)20(26)12-16/h4-7,12-13H,3,8-11,14H2,1-2H3,(H,27,30). The van der Waals surface area contributed by atoms with Crippen molar-refractivity contribution in [2.75, 3.05) is 38.0 Å². The number of alkyl halides is 3. The number of halogens is 4. The minimum Gasteiger partial charge on any atom is -0.322 e. The zero-order valence-corrected chi connectivity index (χ0v) is 19.2. The van der Waals surface area contributed by atoms with Crippen LogP contribution in [0, 0.1) is 10.5 Å². The zero-order chi connectivity index (χ0) is 21.9. The summed E-state index contributed by atoms with van der Waals surface area (Å²) < 4.78 is 42.1. The Kier molecular flexibility index (Phi) is 7.41. The summed E-state index contributed by atoms with van der Waals surface area (Å²) in [4.78, 5) is 16.8. The second kappa shape index (κ2) is 9.65. The number of hydrogen-bond donors (Lipinski definition) is 1. The molecule has 0 aliphatic carbocycles. The van der Waals surface area contributed by atoms with Crippen LogP contribution < -0.4 is 5.32 Å². The largest absolute Gasteiger partial charge is 0.416 e. The highest BCUT2D eigenvalue weighted by Gasteiger charge is 2.34. The van der Waals surface area contributed by atoms with Crippen molar-refractivity contribution in [3.8, 4) is 0 Å². The van der Waals surface area contributed by atoms with Crippen LogP contribution in [0.15, 0.2) is 36.4 Å². The van der Waals surface area contributed by atoms with Gasteiger partial charge in [-0.15, -0.1) is 0 Å². The smallest absolute Gasteiger partial charge is 0.322 e. The SMILES string of the molecule is CCN1CCN(Cc2ccc(NC(=O)c3ccc(C)c(I)c3)cc2C(F)(F)F)CC1. The van der Waals surface area contributed by atoms with E-state index in [1.165, 1.54) is 6.07 Å². The number of likely N-dealkylation sites (N-methyl/N-ethyl adjacent to an activating group) is 1. The van der Waals surface area contributed by atoms with Gasteiger partial charge in [-0.2, -0.15) is 13.2 Å². The third-order valence-corrected chi connectivity index (χ3v) is 6.58. The second-order valence-electron chi connectivity index (χ2n) is 7.50. The minimum atomic E-state index is -4.49. The topological polar surface area (TPSA) is 35.6 Å². The predicted octanol–water partition coefficient (Wildman–Crippen LogP) is 5.01. The molecule has 1 fully saturated rings. The molecule has 1 amide bonds. The van der Waals surface area contributed by atoms with Crippen molar-refractivity contribution in [1.82, 2.24) is 9.80 Å². The van der Waals surface area contributed by atoms with Crippen LogP contribution in [0.3, 0.4) is 0 Å². The van der Waals surface area contributed by atoms with E-state index < -0.39 is 17.6 Å². The summed E-state index contributed by atoms with van der Waals surface area (Å²) in [6.45, 7) is 8.43. The Hall–Kier alpha value is -1.65. The molecule has 8 heteroatoms. The Labute approximate surface area is 188 Å². The first-order chi connectivity index (χ1) is 14.2. The van der Waals surface area contributed by atoms with Crippen LogP contribution in [0.25, 0.3) is 0 Å². The highest BCUT2D eigenvalue weighted by Crippen LogP contribution is 2.34. The fourth-order valence-electron chi connectivity index (χ4n) is 3.50. The second-order valence-corrected chi connectivity index (χ2v) is 8.66. The van der Waals surface area contributed by atoms with E-state index >= 15 is 0 Å². The van der Waals surface area contributed by atoms with E-state index in [4.69, 9.17) is 0 Å². The highest BCUT2D eigenvalue weighted by molar-refractivity contribution is 14.1. The van der Waals surface area contributed by atoms with E-state index in [-0.39, 0.29) is 17.8 Å². The summed E-state index contributed by atoms with van der Waals surface area (Å²) >= 11 is 2.13. The molecule has 0 atom stereocenters. The molecule has 3 rings (SSSR count). The number of hydrogen-bond acceptors (Lipinski definition) is 3. The Morgan fingerprint density at radius 1 is 1.07 bits per heavy atom. The molecule has 162 valence electrons. The van der Waals surface area contributed by atoms with E-state index in [0.717, 1.165) is 47.9 Å². The molecule has 4 nitrogen and oxygen atoms in total. The van der Waals surface area contributed by atoms with Gasteiger partial charge in [-0.05, 0) is 71.5 Å². The van der Waals surface area contributed by atoms with Gasteiger partial charge in [0.15, 0.2) is 0 Å². The summed E-state index contributed by atoms with van der Waals surface area (Å²) in [5.74, 6) is -0.426. The highest BCUT2D eigenvalue weighted by atomic mass is 127. The Morgan fingerprint density at radius 3 is 2.33 bits per heavy atom. The van der Waals surface area contributed by atoms with Crippen molar-refractivity contribution < 1.29 is 18.0 Å². The molecule has 0 spiro atoms. The number of piperazine rings is 1. The van der Waals surface area contributed by atoms with Crippen LogP contribution in [0.1, 0.15) is 34.0 Å². The summed E-state index contributed by atoms with van der Waals surface area (Å²) in [6, 6.07) is 9.27. The van der Waals surface area contributed by atoms with E-state index in [1.807, 2.05) is 17.9 Å². The van der Waals surface area contributed by atoms with E-state index in [0.29, 0.717) is 5.56 Å². The van der Waals surface area contributed by atoms with Gasteiger partial charge in [0, 0.05) is 47.5 Å². The molecule has 0 aromatic heterocycles. The fraction of sp³-hybridized carbons (Fsp3) is 0.409. The molecule has 2 aromatic carbocycles. The summed E-state index contributed by atoms with van der Waals surface area (Å²) in [5, 5.41) is 2.60. The quantitative estimate of drug-likeness (QED) is 0.552. The maximum absolute atomic E-state index is 13.7. The molecule has 2 aromatic rings. The van der Waals surface area contributed by atoms with E-state index in [9.17, 15) is 18.0 Å². The van der Waals surface area contributed by atoms with Crippen LogP contribution in [0.4, 0.5) is 18.9 Å². The molecular formula is C22H25F3IN3O. The lowest BCUT2D eigenvalue weighted by Gasteiger charge is -2.34. The number of nitrogens with one attached hydrogen (secondary N) is 1. The third kappa shape index (κ3) is 5.73. The van der Waals surface area contributed by atoms with Crippen molar-refractivity contribution in [2.45, 2.75) is 26.6 Å². The van der Waals surface area contributed by atoms with E-state index in [2.05, 4.69) is 39.7 Å². The summed E-state index contributed by atoms with van der Waals surface area (Å²) in [5.41, 5.74) is 1.13. The van der Waals surface area contributed by atoms with Gasteiger partial charge >= 0.3 is 6.18 Å². The number of benzene rings is 2. The minimum absolute atomic E-state index is 0.141. The van der Waals surface area contributed by atoms with Crippen molar-refractivity contribution in [2.24, 2.45) is 0 Å². The third-order valence-electron chi connectivity index (χ3n) is 5.41. The molecule has 1 aliphatic heterocycles. The lowest BCUT2D eigenvalue weighted by Crippen LogP contribution is -2.45. The van der Waals surface area contributed by atoms with Gasteiger partial charge in [0.1, 0.15) is 0 Å². The lowest BCUT2D eigenvalue weighted by molar-refractivity contribution is -0.138. The van der Waals surface area contributed by atoms with Gasteiger partial charge in [-0.25, -0.2) is 0 Å². The van der Waals surface area contributed by atoms with Crippen LogP contribution in [-0.2, 0) is 12.7 Å². The Bertz CT molecular complexity index is 909. The number of rotatable bonds is 5. The average Bonchev–Trinajstić information content (AvgIpc) is 2.71. The van der Waals surface area contributed by atoms with Gasteiger partial charge in [0.05, 0.1) is 5.56 Å². The number of carbonyl (C=O) groups is 1. The van der Waals surface area contributed by atoms with Crippen LogP contribution in [0.5, 0.6) is 0 Å². The predicted molar refractivity (Wildman–Crippen MR) is 121 cm³/mol. The first-order valence-corrected chi connectivity index (χ1v) is 11.0. The van der Waals surface area contributed by atoms with Crippen LogP contribution in [0.2, 0.25) is 0 Å². The maximum atomic E-state index is 13.7. The molecule has 0 unspecified atom stereocenters. The Balaban J connectivity index is 1.77. The normalized spacial score (nSPS) is 15.9. The van der Waals surface area contributed by atoms with Crippen molar-refractivity contribution in [3.05, 3.63) is 62.2 Å². The Morgan fingerprint density at radius 2 is 1.73 bits per heavy atom. The van der Waals surface area contributed by atoms with Crippen LogP contribution >= 0.6 is 22.6 Å². The molecule has 1 aliphatic rings. The summed E-state index contributed by atoms with van der Waals surface area (Å²) in [6.07, 6.45) is -4.49. The van der Waals surface area contributed by atoms with Gasteiger partial charge in [0.2, 0.25) is 0 Å². The number of nitrogens with zero attached hydrogens (tertiary/aromatic N) is 2. The van der Waals surface area contributed by atoms with Gasteiger partial charge < -0.3 is 10.2 Å². The molecule has 0 radical (unpaired) electrons. The average molecular weight is 531 g/mol. The van der Waals surface area contributed by atoms with Gasteiger partial charge in [-0.1, -0.05) is 19.1 Å².